The summed E-state index contributed by atoms with van der Waals surface area (Å²) in [4.78, 5) is 22.9. The van der Waals surface area contributed by atoms with E-state index in [0.29, 0.717) is 30.6 Å². The number of hydrogen-bond donors (Lipinski definition) is 1. The number of nitrogens with one attached hydrogen (secondary N) is 1. The second-order valence-electron chi connectivity index (χ2n) is 7.00. The largest absolute Gasteiger partial charge is 0.493 e. The van der Waals surface area contributed by atoms with Gasteiger partial charge in [0.15, 0.2) is 11.5 Å². The van der Waals surface area contributed by atoms with Crippen LogP contribution in [-0.4, -0.2) is 54.1 Å². The third kappa shape index (κ3) is 3.82. The lowest BCUT2D eigenvalue weighted by Crippen LogP contribution is -2.29. The van der Waals surface area contributed by atoms with Crippen molar-refractivity contribution in [2.24, 2.45) is 5.92 Å². The molecule has 1 amide bonds. The molecule has 0 spiro atoms. The Labute approximate surface area is 158 Å². The first kappa shape index (κ1) is 17.6. The molecule has 3 heterocycles. The van der Waals surface area contributed by atoms with Gasteiger partial charge < -0.3 is 19.7 Å². The van der Waals surface area contributed by atoms with Gasteiger partial charge in [-0.1, -0.05) is 12.1 Å². The minimum Gasteiger partial charge on any atom is -0.493 e. The fourth-order valence-corrected chi connectivity index (χ4v) is 3.63. The zero-order valence-corrected chi connectivity index (χ0v) is 15.5. The number of fused-ring (bicyclic) bond motifs is 1. The van der Waals surface area contributed by atoms with E-state index in [2.05, 4.69) is 21.4 Å². The summed E-state index contributed by atoms with van der Waals surface area (Å²) < 4.78 is 11.3. The van der Waals surface area contributed by atoms with Crippen molar-refractivity contribution in [1.82, 2.24) is 14.9 Å². The van der Waals surface area contributed by atoms with Gasteiger partial charge in [-0.2, -0.15) is 0 Å². The summed E-state index contributed by atoms with van der Waals surface area (Å²) in [5.74, 6) is 2.51. The summed E-state index contributed by atoms with van der Waals surface area (Å²) in [7, 11) is 1.65. The zero-order valence-electron chi connectivity index (χ0n) is 15.5. The molecular weight excluding hydrogens is 344 g/mol. The summed E-state index contributed by atoms with van der Waals surface area (Å²) in [5.41, 5.74) is 1.55. The Morgan fingerprint density at radius 2 is 2.19 bits per heavy atom. The first-order chi connectivity index (χ1) is 13.2. The number of aromatic nitrogens is 2. The van der Waals surface area contributed by atoms with Gasteiger partial charge >= 0.3 is 0 Å². The van der Waals surface area contributed by atoms with Gasteiger partial charge in [0.25, 0.3) is 5.91 Å². The van der Waals surface area contributed by atoms with Crippen LogP contribution < -0.4 is 14.8 Å². The van der Waals surface area contributed by atoms with E-state index < -0.39 is 0 Å². The van der Waals surface area contributed by atoms with Crippen molar-refractivity contribution in [1.29, 1.82) is 0 Å². The molecule has 1 fully saturated rings. The lowest BCUT2D eigenvalue weighted by atomic mass is 9.96. The molecule has 2 aliphatic heterocycles. The Bertz CT molecular complexity index is 821. The maximum absolute atomic E-state index is 12.5. The number of amides is 1. The zero-order chi connectivity index (χ0) is 18.6. The molecule has 142 valence electrons. The van der Waals surface area contributed by atoms with Crippen LogP contribution in [0.2, 0.25) is 0 Å². The number of likely N-dealkylation sites (tertiary alicyclic amines) is 1. The molecule has 0 radical (unpaired) electrons. The third-order valence-corrected chi connectivity index (χ3v) is 5.07. The Kier molecular flexibility index (Phi) is 5.09. The molecule has 7 heteroatoms. The predicted molar refractivity (Wildman–Crippen MR) is 101 cm³/mol. The summed E-state index contributed by atoms with van der Waals surface area (Å²) in [5, 5.41) is 3.30. The smallest absolute Gasteiger partial charge is 0.274 e. The molecule has 4 rings (SSSR count). The minimum atomic E-state index is -0.0364. The van der Waals surface area contributed by atoms with Crippen molar-refractivity contribution < 1.29 is 14.3 Å². The highest BCUT2D eigenvalue weighted by molar-refractivity contribution is 5.92. The highest BCUT2D eigenvalue weighted by Crippen LogP contribution is 2.36. The first-order valence-electron chi connectivity index (χ1n) is 9.38. The second kappa shape index (κ2) is 7.82. The van der Waals surface area contributed by atoms with E-state index in [0.717, 1.165) is 49.4 Å². The van der Waals surface area contributed by atoms with Gasteiger partial charge in [0, 0.05) is 25.6 Å². The van der Waals surface area contributed by atoms with Crippen molar-refractivity contribution in [2.75, 3.05) is 38.7 Å². The molecule has 2 aromatic rings. The molecule has 1 saturated heterocycles. The summed E-state index contributed by atoms with van der Waals surface area (Å²) >= 11 is 0. The monoisotopic (exact) mass is 368 g/mol. The van der Waals surface area contributed by atoms with Crippen molar-refractivity contribution >= 4 is 11.7 Å². The Morgan fingerprint density at radius 3 is 3.00 bits per heavy atom. The van der Waals surface area contributed by atoms with Gasteiger partial charge in [0.2, 0.25) is 0 Å². The lowest BCUT2D eigenvalue weighted by molar-refractivity contribution is 0.0786. The molecule has 0 saturated carbocycles. The highest BCUT2D eigenvalue weighted by Gasteiger charge is 2.23. The number of nitrogens with zero attached hydrogens (tertiary/aromatic N) is 3. The van der Waals surface area contributed by atoms with E-state index in [4.69, 9.17) is 9.47 Å². The van der Waals surface area contributed by atoms with E-state index in [1.54, 1.807) is 13.3 Å². The SMILES string of the molecule is COc1cccc2c1OC[C@H](CNc1cncc(C(=O)N3CCCC3)n1)C2. The number of hydrogen-bond acceptors (Lipinski definition) is 6. The fourth-order valence-electron chi connectivity index (χ4n) is 3.63. The number of carbonyl (C=O) groups excluding carboxylic acids is 1. The summed E-state index contributed by atoms with van der Waals surface area (Å²) in [6.45, 7) is 2.92. The van der Waals surface area contributed by atoms with E-state index in [9.17, 15) is 4.79 Å². The quantitative estimate of drug-likeness (QED) is 0.873. The molecule has 1 atom stereocenters. The molecule has 1 aromatic heterocycles. The van der Waals surface area contributed by atoms with Crippen LogP contribution in [-0.2, 0) is 6.42 Å². The minimum absolute atomic E-state index is 0.0364. The predicted octanol–water partition coefficient (Wildman–Crippen LogP) is 2.38. The van der Waals surface area contributed by atoms with Crippen molar-refractivity contribution in [3.8, 4) is 11.5 Å². The first-order valence-corrected chi connectivity index (χ1v) is 9.38. The fraction of sp³-hybridized carbons (Fsp3) is 0.450. The van der Waals surface area contributed by atoms with Crippen molar-refractivity contribution in [2.45, 2.75) is 19.3 Å². The highest BCUT2D eigenvalue weighted by atomic mass is 16.5. The number of benzene rings is 1. The molecule has 27 heavy (non-hydrogen) atoms. The van der Waals surface area contributed by atoms with Gasteiger partial charge in [-0.25, -0.2) is 4.98 Å². The van der Waals surface area contributed by atoms with E-state index in [1.165, 1.54) is 6.20 Å². The standard InChI is InChI=1S/C20H24N4O3/c1-26-17-6-4-5-15-9-14(13-27-19(15)17)10-22-18-12-21-11-16(23-18)20(25)24-7-2-3-8-24/h4-6,11-12,14H,2-3,7-10,13H2,1H3,(H,22,23)/t14-/m0/s1. The normalized spacial score (nSPS) is 18.6. The number of anilines is 1. The molecule has 1 N–H and O–H groups in total. The average Bonchev–Trinajstić information content (AvgIpc) is 3.26. The summed E-state index contributed by atoms with van der Waals surface area (Å²) in [6, 6.07) is 5.96. The van der Waals surface area contributed by atoms with Gasteiger partial charge in [-0.3, -0.25) is 9.78 Å². The van der Waals surface area contributed by atoms with Crippen molar-refractivity contribution in [3.63, 3.8) is 0 Å². The molecule has 2 aliphatic rings. The van der Waals surface area contributed by atoms with Crippen LogP contribution in [0.15, 0.2) is 30.6 Å². The number of methoxy groups -OCH3 is 1. The molecule has 7 nitrogen and oxygen atoms in total. The van der Waals surface area contributed by atoms with Crippen LogP contribution in [0.5, 0.6) is 11.5 Å². The van der Waals surface area contributed by atoms with Gasteiger partial charge in [0.05, 0.1) is 26.1 Å². The molecular formula is C20H24N4O3. The number of rotatable bonds is 5. The maximum Gasteiger partial charge on any atom is 0.274 e. The van der Waals surface area contributed by atoms with E-state index in [-0.39, 0.29) is 5.91 Å². The second-order valence-corrected chi connectivity index (χ2v) is 7.00. The van der Waals surface area contributed by atoms with Crippen LogP contribution in [0.4, 0.5) is 5.82 Å². The van der Waals surface area contributed by atoms with Crippen LogP contribution in [0.25, 0.3) is 0 Å². The van der Waals surface area contributed by atoms with Crippen molar-refractivity contribution in [3.05, 3.63) is 41.9 Å². The van der Waals surface area contributed by atoms with Crippen LogP contribution in [0.3, 0.4) is 0 Å². The molecule has 0 aliphatic carbocycles. The molecule has 0 bridgehead atoms. The average molecular weight is 368 g/mol. The maximum atomic E-state index is 12.5. The van der Waals surface area contributed by atoms with Gasteiger partial charge in [-0.05, 0) is 30.9 Å². The van der Waals surface area contributed by atoms with E-state index >= 15 is 0 Å². The lowest BCUT2D eigenvalue weighted by Gasteiger charge is -2.26. The Morgan fingerprint density at radius 1 is 1.33 bits per heavy atom. The van der Waals surface area contributed by atoms with Crippen LogP contribution in [0.1, 0.15) is 28.9 Å². The number of para-hydroxylation sites is 1. The molecule has 0 unspecified atom stereocenters. The van der Waals surface area contributed by atoms with Crippen LogP contribution >= 0.6 is 0 Å². The number of carbonyl (C=O) groups is 1. The summed E-state index contributed by atoms with van der Waals surface area (Å²) in [6.07, 6.45) is 6.22. The molecule has 1 aromatic carbocycles. The van der Waals surface area contributed by atoms with Gasteiger partial charge in [-0.15, -0.1) is 0 Å². The number of ether oxygens (including phenoxy) is 2. The van der Waals surface area contributed by atoms with E-state index in [1.807, 2.05) is 17.0 Å². The van der Waals surface area contributed by atoms with Crippen LogP contribution in [0, 0.1) is 5.92 Å². The third-order valence-electron chi connectivity index (χ3n) is 5.07. The Hall–Kier alpha value is -2.83. The van der Waals surface area contributed by atoms with Gasteiger partial charge in [0.1, 0.15) is 11.5 Å². The Balaban J connectivity index is 1.38. The topological polar surface area (TPSA) is 76.6 Å².